The lowest BCUT2D eigenvalue weighted by Crippen LogP contribution is -2.30. The number of unbranched alkanes of at least 4 members (excludes halogenated alkanes) is 46. The van der Waals surface area contributed by atoms with Crippen LogP contribution in [0.5, 0.6) is 0 Å². The van der Waals surface area contributed by atoms with Crippen molar-refractivity contribution in [1.82, 2.24) is 0 Å². The van der Waals surface area contributed by atoms with Crippen LogP contribution in [0.3, 0.4) is 0 Å². The summed E-state index contributed by atoms with van der Waals surface area (Å²) in [6.07, 6.45) is 74.7. The summed E-state index contributed by atoms with van der Waals surface area (Å²) in [5.41, 5.74) is 0. The van der Waals surface area contributed by atoms with Crippen LogP contribution in [0.15, 0.2) is 24.3 Å². The van der Waals surface area contributed by atoms with E-state index in [-0.39, 0.29) is 31.1 Å². The van der Waals surface area contributed by atoms with Gasteiger partial charge in [-0.25, -0.2) is 0 Å². The number of ether oxygens (including phenoxy) is 3. The molecule has 6 nitrogen and oxygen atoms in total. The zero-order chi connectivity index (χ0) is 52.9. The number of allylic oxidation sites excluding steroid dienone is 4. The second-order valence-electron chi connectivity index (χ2n) is 22.4. The molecule has 0 bridgehead atoms. The van der Waals surface area contributed by atoms with Gasteiger partial charge in [0, 0.05) is 19.3 Å². The van der Waals surface area contributed by atoms with Crippen LogP contribution in [0, 0.1) is 0 Å². The van der Waals surface area contributed by atoms with Gasteiger partial charge in [0.25, 0.3) is 0 Å². The normalized spacial score (nSPS) is 12.1. The van der Waals surface area contributed by atoms with E-state index in [0.717, 1.165) is 70.6 Å². The molecule has 1 atom stereocenters. The maximum atomic E-state index is 12.9. The molecule has 0 heterocycles. The van der Waals surface area contributed by atoms with Crippen molar-refractivity contribution in [3.8, 4) is 0 Å². The van der Waals surface area contributed by atoms with Gasteiger partial charge >= 0.3 is 17.9 Å². The first-order valence-corrected chi connectivity index (χ1v) is 32.8. The highest BCUT2D eigenvalue weighted by molar-refractivity contribution is 5.71. The fraction of sp³-hybridized carbons (Fsp3) is 0.896. The summed E-state index contributed by atoms with van der Waals surface area (Å²) in [4.78, 5) is 38.4. The van der Waals surface area contributed by atoms with Crippen LogP contribution < -0.4 is 0 Å². The number of hydrogen-bond acceptors (Lipinski definition) is 6. The lowest BCUT2D eigenvalue weighted by molar-refractivity contribution is -0.167. The third-order valence-electron chi connectivity index (χ3n) is 15.0. The molecule has 0 aliphatic carbocycles. The van der Waals surface area contributed by atoms with Crippen LogP contribution in [0.1, 0.15) is 367 Å². The predicted molar refractivity (Wildman–Crippen MR) is 316 cm³/mol. The van der Waals surface area contributed by atoms with E-state index in [9.17, 15) is 14.4 Å². The van der Waals surface area contributed by atoms with Crippen LogP contribution in [0.25, 0.3) is 0 Å². The summed E-state index contributed by atoms with van der Waals surface area (Å²) in [6, 6.07) is 0. The van der Waals surface area contributed by atoms with Gasteiger partial charge in [-0.05, 0) is 51.4 Å². The third kappa shape index (κ3) is 60.6. The Hall–Kier alpha value is -2.11. The summed E-state index contributed by atoms with van der Waals surface area (Å²) in [5.74, 6) is -0.846. The molecule has 0 aromatic rings. The zero-order valence-corrected chi connectivity index (χ0v) is 49.4. The summed E-state index contributed by atoms with van der Waals surface area (Å²) >= 11 is 0. The van der Waals surface area contributed by atoms with Crippen molar-refractivity contribution in [2.45, 2.75) is 374 Å². The van der Waals surface area contributed by atoms with Crippen LogP contribution in [0.4, 0.5) is 0 Å². The number of hydrogen-bond donors (Lipinski definition) is 0. The van der Waals surface area contributed by atoms with Gasteiger partial charge in [-0.2, -0.15) is 0 Å². The van der Waals surface area contributed by atoms with Gasteiger partial charge in [0.05, 0.1) is 0 Å². The van der Waals surface area contributed by atoms with Crippen LogP contribution in [-0.4, -0.2) is 37.2 Å². The summed E-state index contributed by atoms with van der Waals surface area (Å²) < 4.78 is 17.0. The van der Waals surface area contributed by atoms with E-state index in [1.54, 1.807) is 0 Å². The Morgan fingerprint density at radius 3 is 0.767 bits per heavy atom. The van der Waals surface area contributed by atoms with Crippen molar-refractivity contribution < 1.29 is 28.6 Å². The Morgan fingerprint density at radius 2 is 0.493 bits per heavy atom. The van der Waals surface area contributed by atoms with E-state index in [4.69, 9.17) is 14.2 Å². The van der Waals surface area contributed by atoms with Crippen molar-refractivity contribution in [3.63, 3.8) is 0 Å². The van der Waals surface area contributed by atoms with E-state index in [1.165, 1.54) is 257 Å². The quantitative estimate of drug-likeness (QED) is 0.0261. The Morgan fingerprint density at radius 1 is 0.274 bits per heavy atom. The van der Waals surface area contributed by atoms with E-state index in [1.807, 2.05) is 0 Å². The Kier molecular flexibility index (Phi) is 60.6. The Balaban J connectivity index is 4.31. The molecular weight excluding hydrogens is 901 g/mol. The average molecular weight is 1030 g/mol. The first kappa shape index (κ1) is 70.9. The summed E-state index contributed by atoms with van der Waals surface area (Å²) in [5, 5.41) is 0. The Bertz CT molecular complexity index is 1180. The van der Waals surface area contributed by atoms with E-state index < -0.39 is 6.10 Å². The molecule has 0 rings (SSSR count). The molecule has 430 valence electrons. The maximum Gasteiger partial charge on any atom is 0.306 e. The maximum absolute atomic E-state index is 12.9. The van der Waals surface area contributed by atoms with Gasteiger partial charge in [-0.1, -0.05) is 321 Å². The minimum Gasteiger partial charge on any atom is -0.462 e. The average Bonchev–Trinajstić information content (AvgIpc) is 3.39. The SMILES string of the molecule is CCCCCC/C=C\C/C=C\CCCCCCCCCC(=O)OC(COC(=O)CCCCCCCCCCCCCCCCCCC)COC(=O)CCCCCCCCCCCCCCCCCCCCCC. The van der Waals surface area contributed by atoms with Gasteiger partial charge in [-0.15, -0.1) is 0 Å². The molecule has 0 saturated carbocycles. The molecule has 1 unspecified atom stereocenters. The molecular formula is C67H126O6. The molecule has 6 heteroatoms. The molecule has 0 N–H and O–H groups in total. The van der Waals surface area contributed by atoms with Crippen LogP contribution in [-0.2, 0) is 28.6 Å². The van der Waals surface area contributed by atoms with Crippen molar-refractivity contribution >= 4 is 17.9 Å². The van der Waals surface area contributed by atoms with Crippen molar-refractivity contribution in [2.24, 2.45) is 0 Å². The zero-order valence-electron chi connectivity index (χ0n) is 49.4. The van der Waals surface area contributed by atoms with E-state index in [2.05, 4.69) is 45.1 Å². The highest BCUT2D eigenvalue weighted by Crippen LogP contribution is 2.18. The topological polar surface area (TPSA) is 78.9 Å². The monoisotopic (exact) mass is 1030 g/mol. The van der Waals surface area contributed by atoms with Gasteiger partial charge in [0.15, 0.2) is 6.10 Å². The van der Waals surface area contributed by atoms with Gasteiger partial charge in [0.1, 0.15) is 13.2 Å². The van der Waals surface area contributed by atoms with Crippen molar-refractivity contribution in [3.05, 3.63) is 24.3 Å². The molecule has 0 aromatic heterocycles. The Labute approximate surface area is 455 Å². The molecule has 0 spiro atoms. The number of esters is 3. The van der Waals surface area contributed by atoms with Gasteiger partial charge in [0.2, 0.25) is 0 Å². The number of carbonyl (C=O) groups is 3. The molecule has 0 saturated heterocycles. The standard InChI is InChI=1S/C67H126O6/c1-4-7-10-13-16-19-22-25-28-31-33-34-37-39-42-45-48-51-54-57-60-66(69)72-63-64(62-71-65(68)59-56-53-50-47-44-41-38-35-30-27-24-21-18-15-12-9-6-3)73-67(70)61-58-55-52-49-46-43-40-36-32-29-26-23-20-17-14-11-8-5-2/h20,23,29,32,64H,4-19,21-22,24-28,30-31,33-63H2,1-3H3/b23-20-,32-29-. The first-order chi connectivity index (χ1) is 36.0. The van der Waals surface area contributed by atoms with Crippen molar-refractivity contribution in [2.75, 3.05) is 13.2 Å². The molecule has 0 radical (unpaired) electrons. The largest absolute Gasteiger partial charge is 0.462 e. The second kappa shape index (κ2) is 62.4. The smallest absolute Gasteiger partial charge is 0.306 e. The van der Waals surface area contributed by atoms with Crippen molar-refractivity contribution in [1.29, 1.82) is 0 Å². The number of carbonyl (C=O) groups excluding carboxylic acids is 3. The highest BCUT2D eigenvalue weighted by Gasteiger charge is 2.19. The molecule has 0 aromatic carbocycles. The lowest BCUT2D eigenvalue weighted by atomic mass is 10.0. The molecule has 0 aliphatic heterocycles. The van der Waals surface area contributed by atoms with Crippen LogP contribution >= 0.6 is 0 Å². The fourth-order valence-electron chi connectivity index (χ4n) is 10.0. The lowest BCUT2D eigenvalue weighted by Gasteiger charge is -2.18. The van der Waals surface area contributed by atoms with E-state index >= 15 is 0 Å². The fourth-order valence-corrected chi connectivity index (χ4v) is 10.0. The minimum absolute atomic E-state index is 0.0683. The highest BCUT2D eigenvalue weighted by atomic mass is 16.6. The van der Waals surface area contributed by atoms with E-state index in [0.29, 0.717) is 19.3 Å². The summed E-state index contributed by atoms with van der Waals surface area (Å²) in [7, 11) is 0. The summed E-state index contributed by atoms with van der Waals surface area (Å²) in [6.45, 7) is 6.70. The second-order valence-corrected chi connectivity index (χ2v) is 22.4. The molecule has 0 aliphatic rings. The molecule has 0 amide bonds. The first-order valence-electron chi connectivity index (χ1n) is 32.8. The number of rotatable bonds is 61. The van der Waals surface area contributed by atoms with Gasteiger partial charge in [-0.3, -0.25) is 14.4 Å². The van der Waals surface area contributed by atoms with Crippen LogP contribution in [0.2, 0.25) is 0 Å². The predicted octanol–water partition coefficient (Wildman–Crippen LogP) is 22.2. The molecule has 73 heavy (non-hydrogen) atoms. The minimum atomic E-state index is -0.772. The third-order valence-corrected chi connectivity index (χ3v) is 15.0. The molecule has 0 fully saturated rings. The van der Waals surface area contributed by atoms with Gasteiger partial charge < -0.3 is 14.2 Å².